The zero-order valence-electron chi connectivity index (χ0n) is 11.4. The molecule has 98 valence electrons. The van der Waals surface area contributed by atoms with Gasteiger partial charge in [-0.25, -0.2) is 0 Å². The van der Waals surface area contributed by atoms with E-state index in [4.69, 9.17) is 0 Å². The highest BCUT2D eigenvalue weighted by atomic mass is 16.2. The van der Waals surface area contributed by atoms with Crippen LogP contribution >= 0.6 is 0 Å². The number of nitrogens with zero attached hydrogens (tertiary/aromatic N) is 1. The molecule has 2 rings (SSSR count). The van der Waals surface area contributed by atoms with Gasteiger partial charge in [0.15, 0.2) is 0 Å². The van der Waals surface area contributed by atoms with E-state index in [0.29, 0.717) is 23.8 Å². The van der Waals surface area contributed by atoms with Gasteiger partial charge in [-0.2, -0.15) is 0 Å². The maximum Gasteiger partial charge on any atom is 0.239 e. The highest BCUT2D eigenvalue weighted by molar-refractivity contribution is 5.82. The van der Waals surface area contributed by atoms with Crippen molar-refractivity contribution in [2.45, 2.75) is 58.5 Å². The van der Waals surface area contributed by atoms with Gasteiger partial charge >= 0.3 is 0 Å². The van der Waals surface area contributed by atoms with E-state index in [2.05, 4.69) is 31.0 Å². The standard InChI is InChI=1S/C14H26N2O/c1-10-8-11(2)12(3)16(9-10)14(17)13-6-4-5-7-15-13/h10-13,15H,4-9H2,1-3H3/t10?,11?,12?,13-/m1/s1. The second kappa shape index (κ2) is 5.38. The Kier molecular flexibility index (Phi) is 4.08. The first-order valence-electron chi connectivity index (χ1n) is 7.13. The predicted molar refractivity (Wildman–Crippen MR) is 69.8 cm³/mol. The molecule has 0 aromatic rings. The molecule has 2 aliphatic heterocycles. The lowest BCUT2D eigenvalue weighted by atomic mass is 9.85. The molecule has 1 amide bonds. The summed E-state index contributed by atoms with van der Waals surface area (Å²) in [5.74, 6) is 1.62. The number of hydrogen-bond acceptors (Lipinski definition) is 2. The van der Waals surface area contributed by atoms with E-state index >= 15 is 0 Å². The van der Waals surface area contributed by atoms with Crippen LogP contribution in [-0.2, 0) is 4.79 Å². The molecule has 0 aliphatic carbocycles. The minimum atomic E-state index is 0.0868. The van der Waals surface area contributed by atoms with Crippen molar-refractivity contribution in [2.24, 2.45) is 11.8 Å². The minimum Gasteiger partial charge on any atom is -0.338 e. The SMILES string of the molecule is CC1CC(C)C(C)N(C(=O)[C@H]2CCCCN2)C1. The third-order valence-corrected chi connectivity index (χ3v) is 4.49. The van der Waals surface area contributed by atoms with Crippen molar-refractivity contribution < 1.29 is 4.79 Å². The van der Waals surface area contributed by atoms with Crippen LogP contribution in [0.15, 0.2) is 0 Å². The number of carbonyl (C=O) groups is 1. The van der Waals surface area contributed by atoms with Gasteiger partial charge in [0.1, 0.15) is 0 Å². The molecule has 0 spiro atoms. The smallest absolute Gasteiger partial charge is 0.239 e. The van der Waals surface area contributed by atoms with Crippen molar-refractivity contribution in [3.63, 3.8) is 0 Å². The van der Waals surface area contributed by atoms with E-state index in [1.807, 2.05) is 0 Å². The number of rotatable bonds is 1. The summed E-state index contributed by atoms with van der Waals surface area (Å²) in [6.07, 6.45) is 4.68. The second-order valence-electron chi connectivity index (χ2n) is 6.05. The summed E-state index contributed by atoms with van der Waals surface area (Å²) in [5.41, 5.74) is 0. The quantitative estimate of drug-likeness (QED) is 0.758. The van der Waals surface area contributed by atoms with Crippen molar-refractivity contribution in [1.29, 1.82) is 0 Å². The van der Waals surface area contributed by atoms with Crippen LogP contribution in [-0.4, -0.2) is 36.0 Å². The molecule has 17 heavy (non-hydrogen) atoms. The molecule has 2 saturated heterocycles. The van der Waals surface area contributed by atoms with Gasteiger partial charge in [0.05, 0.1) is 6.04 Å². The second-order valence-corrected chi connectivity index (χ2v) is 6.05. The van der Waals surface area contributed by atoms with Gasteiger partial charge in [0.25, 0.3) is 0 Å². The number of likely N-dealkylation sites (tertiary alicyclic amines) is 1. The summed E-state index contributed by atoms with van der Waals surface area (Å²) in [6, 6.07) is 0.492. The molecule has 0 aromatic carbocycles. The van der Waals surface area contributed by atoms with Crippen LogP contribution in [0.2, 0.25) is 0 Å². The van der Waals surface area contributed by atoms with Gasteiger partial charge in [-0.15, -0.1) is 0 Å². The normalized spacial score (nSPS) is 39.1. The number of amides is 1. The topological polar surface area (TPSA) is 32.3 Å². The molecular weight excluding hydrogens is 212 g/mol. The van der Waals surface area contributed by atoms with E-state index in [-0.39, 0.29) is 6.04 Å². The fourth-order valence-corrected chi connectivity index (χ4v) is 3.27. The average molecular weight is 238 g/mol. The van der Waals surface area contributed by atoms with Gasteiger partial charge in [-0.3, -0.25) is 4.79 Å². The van der Waals surface area contributed by atoms with Crippen molar-refractivity contribution >= 4 is 5.91 Å². The average Bonchev–Trinajstić information content (AvgIpc) is 2.34. The Morgan fingerprint density at radius 1 is 1.24 bits per heavy atom. The molecule has 2 heterocycles. The Labute approximate surface area is 105 Å². The molecule has 0 bridgehead atoms. The van der Waals surface area contributed by atoms with E-state index in [9.17, 15) is 4.79 Å². The van der Waals surface area contributed by atoms with Gasteiger partial charge in [0.2, 0.25) is 5.91 Å². The number of hydrogen-bond donors (Lipinski definition) is 1. The van der Waals surface area contributed by atoms with Crippen LogP contribution in [0.3, 0.4) is 0 Å². The van der Waals surface area contributed by atoms with E-state index in [0.717, 1.165) is 19.5 Å². The molecule has 3 nitrogen and oxygen atoms in total. The lowest BCUT2D eigenvalue weighted by molar-refractivity contribution is -0.140. The molecule has 1 N–H and O–H groups in total. The molecule has 3 heteroatoms. The Bertz CT molecular complexity index is 273. The van der Waals surface area contributed by atoms with Gasteiger partial charge in [-0.05, 0) is 44.6 Å². The van der Waals surface area contributed by atoms with E-state index < -0.39 is 0 Å². The first-order valence-corrected chi connectivity index (χ1v) is 7.13. The highest BCUT2D eigenvalue weighted by Crippen LogP contribution is 2.28. The maximum absolute atomic E-state index is 12.5. The van der Waals surface area contributed by atoms with Crippen molar-refractivity contribution in [3.8, 4) is 0 Å². The lowest BCUT2D eigenvalue weighted by Gasteiger charge is -2.43. The third-order valence-electron chi connectivity index (χ3n) is 4.49. The van der Waals surface area contributed by atoms with Crippen LogP contribution in [0.5, 0.6) is 0 Å². The van der Waals surface area contributed by atoms with E-state index in [1.165, 1.54) is 19.3 Å². The molecule has 2 fully saturated rings. The number of piperidine rings is 2. The van der Waals surface area contributed by atoms with Crippen molar-refractivity contribution in [1.82, 2.24) is 10.2 Å². The summed E-state index contributed by atoms with van der Waals surface area (Å²) in [7, 11) is 0. The minimum absolute atomic E-state index is 0.0868. The molecule has 4 atom stereocenters. The van der Waals surface area contributed by atoms with Gasteiger partial charge in [-0.1, -0.05) is 20.3 Å². The van der Waals surface area contributed by atoms with Gasteiger partial charge in [0, 0.05) is 12.6 Å². The molecule has 0 saturated carbocycles. The van der Waals surface area contributed by atoms with Crippen LogP contribution in [0.1, 0.15) is 46.5 Å². The number of nitrogens with one attached hydrogen (secondary N) is 1. The molecule has 0 radical (unpaired) electrons. The first kappa shape index (κ1) is 12.9. The summed E-state index contributed by atoms with van der Waals surface area (Å²) < 4.78 is 0. The predicted octanol–water partition coefficient (Wildman–Crippen LogP) is 2.02. The summed E-state index contributed by atoms with van der Waals surface area (Å²) in [6.45, 7) is 8.69. The summed E-state index contributed by atoms with van der Waals surface area (Å²) in [5, 5.41) is 3.38. The fraction of sp³-hybridized carbons (Fsp3) is 0.929. The monoisotopic (exact) mass is 238 g/mol. The summed E-state index contributed by atoms with van der Waals surface area (Å²) >= 11 is 0. The molecule has 2 aliphatic rings. The molecule has 3 unspecified atom stereocenters. The van der Waals surface area contributed by atoms with Crippen LogP contribution in [0.4, 0.5) is 0 Å². The highest BCUT2D eigenvalue weighted by Gasteiger charge is 2.35. The van der Waals surface area contributed by atoms with Crippen LogP contribution in [0, 0.1) is 11.8 Å². The lowest BCUT2D eigenvalue weighted by Crippen LogP contribution is -2.56. The number of carbonyl (C=O) groups excluding carboxylic acids is 1. The zero-order valence-corrected chi connectivity index (χ0v) is 11.4. The Hall–Kier alpha value is -0.570. The van der Waals surface area contributed by atoms with Crippen molar-refractivity contribution in [2.75, 3.05) is 13.1 Å². The third kappa shape index (κ3) is 2.82. The Morgan fingerprint density at radius 3 is 2.65 bits per heavy atom. The largest absolute Gasteiger partial charge is 0.338 e. The van der Waals surface area contributed by atoms with Crippen LogP contribution in [0.25, 0.3) is 0 Å². The van der Waals surface area contributed by atoms with Crippen molar-refractivity contribution in [3.05, 3.63) is 0 Å². The molecular formula is C14H26N2O. The Morgan fingerprint density at radius 2 is 2.00 bits per heavy atom. The zero-order chi connectivity index (χ0) is 12.4. The first-order chi connectivity index (χ1) is 8.09. The van der Waals surface area contributed by atoms with Crippen LogP contribution < -0.4 is 5.32 Å². The molecule has 0 aromatic heterocycles. The Balaban J connectivity index is 2.01. The summed E-state index contributed by atoms with van der Waals surface area (Å²) in [4.78, 5) is 14.6. The van der Waals surface area contributed by atoms with E-state index in [1.54, 1.807) is 0 Å². The fourth-order valence-electron chi connectivity index (χ4n) is 3.27. The maximum atomic E-state index is 12.5. The van der Waals surface area contributed by atoms with Gasteiger partial charge < -0.3 is 10.2 Å².